The monoisotopic (exact) mass is 407 g/mol. The third-order valence-electron chi connectivity index (χ3n) is 5.89. The van der Waals surface area contributed by atoms with Gasteiger partial charge in [0.15, 0.2) is 5.65 Å². The second-order valence-electron chi connectivity index (χ2n) is 8.17. The van der Waals surface area contributed by atoms with E-state index in [1.54, 1.807) is 16.6 Å². The van der Waals surface area contributed by atoms with Crippen LogP contribution in [0.5, 0.6) is 0 Å². The van der Waals surface area contributed by atoms with Gasteiger partial charge in [-0.2, -0.15) is 5.10 Å². The van der Waals surface area contributed by atoms with Crippen molar-refractivity contribution in [2.45, 2.75) is 45.6 Å². The summed E-state index contributed by atoms with van der Waals surface area (Å²) in [5, 5.41) is 11.1. The number of fused-ring (bicyclic) bond motifs is 1. The van der Waals surface area contributed by atoms with Gasteiger partial charge >= 0.3 is 0 Å². The Morgan fingerprint density at radius 1 is 1.33 bits per heavy atom. The van der Waals surface area contributed by atoms with Crippen LogP contribution >= 0.6 is 0 Å². The largest absolute Gasteiger partial charge is 0.363 e. The van der Waals surface area contributed by atoms with Crippen molar-refractivity contribution in [3.8, 4) is 0 Å². The van der Waals surface area contributed by atoms with E-state index in [2.05, 4.69) is 28.7 Å². The highest BCUT2D eigenvalue weighted by Crippen LogP contribution is 2.34. The number of allylic oxidation sites excluding steroid dienone is 1. The number of anilines is 1. The van der Waals surface area contributed by atoms with E-state index in [1.165, 1.54) is 24.8 Å². The Hall–Kier alpha value is -2.73. The normalized spacial score (nSPS) is 15.5. The minimum atomic E-state index is -0.194. The number of rotatable bonds is 9. The molecule has 0 radical (unpaired) electrons. The number of aryl methyl sites for hydroxylation is 1. The van der Waals surface area contributed by atoms with Crippen molar-refractivity contribution in [2.75, 3.05) is 18.9 Å². The van der Waals surface area contributed by atoms with E-state index in [-0.39, 0.29) is 11.9 Å². The van der Waals surface area contributed by atoms with Crippen molar-refractivity contribution in [1.29, 1.82) is 0 Å². The molecule has 1 unspecified atom stereocenters. The van der Waals surface area contributed by atoms with E-state index in [4.69, 9.17) is 4.98 Å². The lowest BCUT2D eigenvalue weighted by Gasteiger charge is -2.19. The van der Waals surface area contributed by atoms with Crippen LogP contribution in [0.3, 0.4) is 0 Å². The van der Waals surface area contributed by atoms with E-state index in [1.807, 2.05) is 38.5 Å². The van der Waals surface area contributed by atoms with Gasteiger partial charge in [0.05, 0.1) is 12.2 Å². The van der Waals surface area contributed by atoms with Gasteiger partial charge in [0, 0.05) is 18.3 Å². The molecule has 0 saturated heterocycles. The molecule has 4 rings (SSSR count). The van der Waals surface area contributed by atoms with Gasteiger partial charge in [0.2, 0.25) is 0 Å². The Kier molecular flexibility index (Phi) is 6.13. The molecule has 1 aliphatic carbocycles. The zero-order valence-corrected chi connectivity index (χ0v) is 18.0. The summed E-state index contributed by atoms with van der Waals surface area (Å²) >= 11 is 0. The highest BCUT2D eigenvalue weighted by Gasteiger charge is 2.22. The second-order valence-corrected chi connectivity index (χ2v) is 8.17. The SMILES string of the molecule is C/C=C(\CNC)c1cnn2ccc(NC(C)c3cc(F)ccc3CCC3CC3)nc12. The maximum absolute atomic E-state index is 14.0. The van der Waals surface area contributed by atoms with Crippen molar-refractivity contribution >= 4 is 17.0 Å². The molecular formula is C24H30FN5. The van der Waals surface area contributed by atoms with Gasteiger partial charge in [-0.25, -0.2) is 13.9 Å². The Morgan fingerprint density at radius 3 is 2.90 bits per heavy atom. The predicted octanol–water partition coefficient (Wildman–Crippen LogP) is 5.01. The van der Waals surface area contributed by atoms with Crippen molar-refractivity contribution in [1.82, 2.24) is 19.9 Å². The lowest BCUT2D eigenvalue weighted by Crippen LogP contribution is -2.12. The molecule has 0 spiro atoms. The maximum Gasteiger partial charge on any atom is 0.164 e. The molecule has 0 bridgehead atoms. The topological polar surface area (TPSA) is 54.2 Å². The molecule has 0 amide bonds. The van der Waals surface area contributed by atoms with Crippen molar-refractivity contribution in [3.63, 3.8) is 0 Å². The molecule has 1 fully saturated rings. The number of hydrogen-bond acceptors (Lipinski definition) is 4. The van der Waals surface area contributed by atoms with E-state index in [0.717, 1.165) is 47.0 Å². The zero-order chi connectivity index (χ0) is 21.1. The molecule has 1 aliphatic rings. The molecule has 30 heavy (non-hydrogen) atoms. The van der Waals surface area contributed by atoms with Crippen LogP contribution in [0, 0.1) is 11.7 Å². The number of hydrogen-bond donors (Lipinski definition) is 2. The van der Waals surface area contributed by atoms with Gasteiger partial charge in [0.1, 0.15) is 11.6 Å². The predicted molar refractivity (Wildman–Crippen MR) is 120 cm³/mol. The van der Waals surface area contributed by atoms with Gasteiger partial charge in [-0.1, -0.05) is 25.0 Å². The van der Waals surface area contributed by atoms with Gasteiger partial charge in [-0.3, -0.25) is 0 Å². The Balaban J connectivity index is 1.58. The van der Waals surface area contributed by atoms with Gasteiger partial charge in [-0.15, -0.1) is 0 Å². The summed E-state index contributed by atoms with van der Waals surface area (Å²) in [6.45, 7) is 4.84. The lowest BCUT2D eigenvalue weighted by molar-refractivity contribution is 0.620. The highest BCUT2D eigenvalue weighted by molar-refractivity contribution is 5.77. The van der Waals surface area contributed by atoms with Crippen molar-refractivity contribution in [3.05, 3.63) is 65.2 Å². The van der Waals surface area contributed by atoms with Crippen LogP contribution < -0.4 is 10.6 Å². The van der Waals surface area contributed by atoms with Crippen LogP contribution in [-0.4, -0.2) is 28.2 Å². The van der Waals surface area contributed by atoms with Gasteiger partial charge in [0.25, 0.3) is 0 Å². The fourth-order valence-electron chi connectivity index (χ4n) is 3.98. The molecule has 0 aliphatic heterocycles. The number of aromatic nitrogens is 3. The minimum Gasteiger partial charge on any atom is -0.363 e. The number of benzene rings is 1. The average Bonchev–Trinajstić information content (AvgIpc) is 3.49. The quantitative estimate of drug-likeness (QED) is 0.524. The Morgan fingerprint density at radius 2 is 2.17 bits per heavy atom. The molecular weight excluding hydrogens is 377 g/mol. The smallest absolute Gasteiger partial charge is 0.164 e. The van der Waals surface area contributed by atoms with Crippen LogP contribution in [0.15, 0.2) is 42.7 Å². The molecule has 2 aromatic heterocycles. The van der Waals surface area contributed by atoms with E-state index in [9.17, 15) is 4.39 Å². The van der Waals surface area contributed by atoms with E-state index >= 15 is 0 Å². The fraction of sp³-hybridized carbons (Fsp3) is 0.417. The average molecular weight is 408 g/mol. The molecule has 1 aromatic carbocycles. The van der Waals surface area contributed by atoms with Crippen LogP contribution in [0.4, 0.5) is 10.2 Å². The third kappa shape index (κ3) is 4.54. The standard InChI is InChI=1S/C24H30FN5/c1-4-18(14-26-3)22-15-27-30-12-11-23(29-24(22)30)28-16(2)21-13-20(25)10-9-19(21)8-7-17-5-6-17/h4,9-13,15-17,26H,5-8,14H2,1-3H3,(H,28,29)/b18-4+. The lowest BCUT2D eigenvalue weighted by atomic mass is 9.96. The van der Waals surface area contributed by atoms with Gasteiger partial charge in [-0.05, 0) is 74.6 Å². The number of halogens is 1. The molecule has 1 atom stereocenters. The van der Waals surface area contributed by atoms with Crippen LogP contribution in [0.2, 0.25) is 0 Å². The number of nitrogens with one attached hydrogen (secondary N) is 2. The van der Waals surface area contributed by atoms with Crippen LogP contribution in [0.1, 0.15) is 55.8 Å². The summed E-state index contributed by atoms with van der Waals surface area (Å²) in [6, 6.07) is 7.04. The first-order chi connectivity index (χ1) is 14.6. The summed E-state index contributed by atoms with van der Waals surface area (Å²) in [5.74, 6) is 1.42. The third-order valence-corrected chi connectivity index (χ3v) is 5.89. The molecule has 158 valence electrons. The molecule has 1 saturated carbocycles. The zero-order valence-electron chi connectivity index (χ0n) is 18.0. The summed E-state index contributed by atoms with van der Waals surface area (Å²) in [4.78, 5) is 4.82. The number of nitrogens with zero attached hydrogens (tertiary/aromatic N) is 3. The Bertz CT molecular complexity index is 1050. The van der Waals surface area contributed by atoms with E-state index < -0.39 is 0 Å². The Labute approximate surface area is 177 Å². The minimum absolute atomic E-state index is 0.0466. The molecule has 2 N–H and O–H groups in total. The molecule has 2 heterocycles. The summed E-state index contributed by atoms with van der Waals surface area (Å²) < 4.78 is 15.8. The van der Waals surface area contributed by atoms with E-state index in [0.29, 0.717) is 0 Å². The highest BCUT2D eigenvalue weighted by atomic mass is 19.1. The number of likely N-dealkylation sites (N-methyl/N-ethyl adjacent to an activating group) is 1. The maximum atomic E-state index is 14.0. The second kappa shape index (κ2) is 8.96. The molecule has 5 nitrogen and oxygen atoms in total. The van der Waals surface area contributed by atoms with Gasteiger partial charge < -0.3 is 10.6 Å². The fourth-order valence-corrected chi connectivity index (χ4v) is 3.98. The summed E-state index contributed by atoms with van der Waals surface area (Å²) in [5.41, 5.74) is 5.20. The van der Waals surface area contributed by atoms with Crippen molar-refractivity contribution < 1.29 is 4.39 Å². The van der Waals surface area contributed by atoms with Crippen molar-refractivity contribution in [2.24, 2.45) is 5.92 Å². The van der Waals surface area contributed by atoms with Crippen LogP contribution in [-0.2, 0) is 6.42 Å². The first kappa shape index (κ1) is 20.5. The summed E-state index contributed by atoms with van der Waals surface area (Å²) in [7, 11) is 1.93. The first-order valence-electron chi connectivity index (χ1n) is 10.8. The molecule has 3 aromatic rings. The molecule has 6 heteroatoms. The van der Waals surface area contributed by atoms with Crippen LogP contribution in [0.25, 0.3) is 11.2 Å². The first-order valence-corrected chi connectivity index (χ1v) is 10.8. The summed E-state index contributed by atoms with van der Waals surface area (Å²) in [6.07, 6.45) is 10.7.